The standard InChI is InChI=1S/C11H17N3O3S/c1-2-17-8-3-7(4-8)5-9-12-11(14-13-9)18-6-10(15)16/h7-8H,2-6H2,1H3,(H,15,16)(H,12,13,14). The number of aliphatic carboxylic acids is 1. The maximum absolute atomic E-state index is 10.4. The first kappa shape index (κ1) is 13.4. The van der Waals surface area contributed by atoms with Crippen molar-refractivity contribution in [2.24, 2.45) is 5.92 Å². The monoisotopic (exact) mass is 271 g/mol. The van der Waals surface area contributed by atoms with E-state index in [4.69, 9.17) is 9.84 Å². The summed E-state index contributed by atoms with van der Waals surface area (Å²) in [7, 11) is 0. The Morgan fingerprint density at radius 1 is 1.61 bits per heavy atom. The number of carbonyl (C=O) groups is 1. The van der Waals surface area contributed by atoms with Gasteiger partial charge in [0.1, 0.15) is 5.82 Å². The molecule has 1 heterocycles. The van der Waals surface area contributed by atoms with E-state index in [1.807, 2.05) is 6.92 Å². The third-order valence-corrected chi connectivity index (χ3v) is 3.74. The van der Waals surface area contributed by atoms with E-state index in [0.29, 0.717) is 17.2 Å². The van der Waals surface area contributed by atoms with Crippen molar-refractivity contribution in [3.63, 3.8) is 0 Å². The number of nitrogens with one attached hydrogen (secondary N) is 1. The van der Waals surface area contributed by atoms with Crippen LogP contribution < -0.4 is 0 Å². The second-order valence-electron chi connectivity index (χ2n) is 4.37. The van der Waals surface area contributed by atoms with Gasteiger partial charge < -0.3 is 9.84 Å². The first-order valence-electron chi connectivity index (χ1n) is 6.04. The van der Waals surface area contributed by atoms with Crippen LogP contribution in [0.1, 0.15) is 25.6 Å². The van der Waals surface area contributed by atoms with Crippen LogP contribution in [0, 0.1) is 5.92 Å². The number of aromatic nitrogens is 3. The summed E-state index contributed by atoms with van der Waals surface area (Å²) in [6, 6.07) is 0. The molecule has 0 atom stereocenters. The summed E-state index contributed by atoms with van der Waals surface area (Å²) in [6.07, 6.45) is 3.42. The summed E-state index contributed by atoms with van der Waals surface area (Å²) in [5.74, 6) is 0.576. The molecule has 0 aliphatic heterocycles. The number of hydrogen-bond acceptors (Lipinski definition) is 5. The molecule has 7 heteroatoms. The van der Waals surface area contributed by atoms with Gasteiger partial charge in [-0.1, -0.05) is 11.8 Å². The summed E-state index contributed by atoms with van der Waals surface area (Å²) >= 11 is 1.13. The molecule has 0 bridgehead atoms. The van der Waals surface area contributed by atoms with Gasteiger partial charge in [-0.15, -0.1) is 5.10 Å². The third-order valence-electron chi connectivity index (χ3n) is 2.91. The summed E-state index contributed by atoms with van der Waals surface area (Å²) in [5.41, 5.74) is 0. The molecule has 0 saturated heterocycles. The molecule has 1 aromatic rings. The van der Waals surface area contributed by atoms with Crippen LogP contribution in [0.4, 0.5) is 0 Å². The minimum Gasteiger partial charge on any atom is -0.481 e. The molecule has 0 spiro atoms. The topological polar surface area (TPSA) is 88.1 Å². The number of H-pyrrole nitrogens is 1. The Kier molecular flexibility index (Phi) is 4.60. The van der Waals surface area contributed by atoms with Gasteiger partial charge in [0.15, 0.2) is 0 Å². The Labute approximate surface area is 110 Å². The first-order chi connectivity index (χ1) is 8.67. The molecule has 100 valence electrons. The number of carboxylic acid groups (broad SMARTS) is 1. The number of rotatable bonds is 7. The Morgan fingerprint density at radius 3 is 3.06 bits per heavy atom. The van der Waals surface area contributed by atoms with Gasteiger partial charge >= 0.3 is 5.97 Å². The lowest BCUT2D eigenvalue weighted by Crippen LogP contribution is -2.32. The van der Waals surface area contributed by atoms with Gasteiger partial charge in [-0.05, 0) is 25.7 Å². The largest absolute Gasteiger partial charge is 0.481 e. The highest BCUT2D eigenvalue weighted by molar-refractivity contribution is 7.99. The number of ether oxygens (including phenoxy) is 1. The molecule has 0 unspecified atom stereocenters. The molecule has 18 heavy (non-hydrogen) atoms. The lowest BCUT2D eigenvalue weighted by atomic mass is 9.80. The van der Waals surface area contributed by atoms with Gasteiger partial charge in [-0.3, -0.25) is 9.89 Å². The zero-order chi connectivity index (χ0) is 13.0. The minimum absolute atomic E-state index is 0.00681. The van der Waals surface area contributed by atoms with Crippen molar-refractivity contribution in [3.8, 4) is 0 Å². The SMILES string of the molecule is CCOC1CC(Cc2nc(SCC(=O)O)n[nH]2)C1. The number of hydrogen-bond donors (Lipinski definition) is 2. The molecule has 0 aromatic carbocycles. The molecule has 6 nitrogen and oxygen atoms in total. The molecule has 2 rings (SSSR count). The second-order valence-corrected chi connectivity index (χ2v) is 5.31. The molecular formula is C11H17N3O3S. The van der Waals surface area contributed by atoms with Crippen molar-refractivity contribution in [1.82, 2.24) is 15.2 Å². The van der Waals surface area contributed by atoms with Gasteiger partial charge in [0.05, 0.1) is 11.9 Å². The molecule has 1 fully saturated rings. The fraction of sp³-hybridized carbons (Fsp3) is 0.727. The second kappa shape index (κ2) is 6.19. The zero-order valence-corrected chi connectivity index (χ0v) is 11.1. The molecule has 1 aliphatic carbocycles. The van der Waals surface area contributed by atoms with Gasteiger partial charge in [-0.2, -0.15) is 0 Å². The summed E-state index contributed by atoms with van der Waals surface area (Å²) in [4.78, 5) is 14.7. The number of nitrogens with zero attached hydrogens (tertiary/aromatic N) is 2. The molecule has 1 aliphatic rings. The number of aromatic amines is 1. The Morgan fingerprint density at radius 2 is 2.39 bits per heavy atom. The van der Waals surface area contributed by atoms with Crippen molar-refractivity contribution in [3.05, 3.63) is 5.82 Å². The predicted molar refractivity (Wildman–Crippen MR) is 66.6 cm³/mol. The Balaban J connectivity index is 1.72. The lowest BCUT2D eigenvalue weighted by molar-refractivity contribution is -0.133. The van der Waals surface area contributed by atoms with Crippen LogP contribution in [0.15, 0.2) is 5.16 Å². The van der Waals surface area contributed by atoms with Gasteiger partial charge in [0, 0.05) is 13.0 Å². The average Bonchev–Trinajstić information content (AvgIpc) is 2.71. The van der Waals surface area contributed by atoms with E-state index in [1.165, 1.54) is 0 Å². The van der Waals surface area contributed by atoms with Crippen LogP contribution in [0.2, 0.25) is 0 Å². The van der Waals surface area contributed by atoms with E-state index in [2.05, 4.69) is 15.2 Å². The number of thioether (sulfide) groups is 1. The van der Waals surface area contributed by atoms with Gasteiger partial charge in [0.2, 0.25) is 5.16 Å². The highest BCUT2D eigenvalue weighted by Gasteiger charge is 2.30. The molecule has 1 aromatic heterocycles. The van der Waals surface area contributed by atoms with Crippen LogP contribution in [-0.2, 0) is 16.0 Å². The van der Waals surface area contributed by atoms with E-state index < -0.39 is 5.97 Å². The van der Waals surface area contributed by atoms with E-state index in [1.54, 1.807) is 0 Å². The van der Waals surface area contributed by atoms with Crippen LogP contribution >= 0.6 is 11.8 Å². The minimum atomic E-state index is -0.857. The van der Waals surface area contributed by atoms with E-state index in [9.17, 15) is 4.79 Å². The quantitative estimate of drug-likeness (QED) is 0.728. The third kappa shape index (κ3) is 3.71. The number of carboxylic acids is 1. The highest BCUT2D eigenvalue weighted by atomic mass is 32.2. The van der Waals surface area contributed by atoms with E-state index in [-0.39, 0.29) is 5.75 Å². The summed E-state index contributed by atoms with van der Waals surface area (Å²) in [6.45, 7) is 2.78. The molecule has 1 saturated carbocycles. The normalized spacial score (nSPS) is 22.7. The maximum Gasteiger partial charge on any atom is 0.313 e. The molecular weight excluding hydrogens is 254 g/mol. The van der Waals surface area contributed by atoms with E-state index >= 15 is 0 Å². The predicted octanol–water partition coefficient (Wildman–Crippen LogP) is 1.34. The zero-order valence-electron chi connectivity index (χ0n) is 10.3. The Hall–Kier alpha value is -1.08. The fourth-order valence-corrected chi connectivity index (χ4v) is 2.58. The fourth-order valence-electron chi connectivity index (χ4n) is 2.05. The Bertz CT molecular complexity index is 404. The van der Waals surface area contributed by atoms with Crippen molar-refractivity contribution in [1.29, 1.82) is 0 Å². The van der Waals surface area contributed by atoms with Crippen LogP contribution in [0.3, 0.4) is 0 Å². The smallest absolute Gasteiger partial charge is 0.313 e. The van der Waals surface area contributed by atoms with E-state index in [0.717, 1.165) is 43.5 Å². The van der Waals surface area contributed by atoms with Crippen LogP contribution in [0.5, 0.6) is 0 Å². The lowest BCUT2D eigenvalue weighted by Gasteiger charge is -2.34. The van der Waals surface area contributed by atoms with Gasteiger partial charge in [0.25, 0.3) is 0 Å². The summed E-state index contributed by atoms with van der Waals surface area (Å²) in [5, 5.41) is 15.9. The van der Waals surface area contributed by atoms with Crippen LogP contribution in [-0.4, -0.2) is 44.7 Å². The first-order valence-corrected chi connectivity index (χ1v) is 7.03. The van der Waals surface area contributed by atoms with Crippen molar-refractivity contribution in [2.75, 3.05) is 12.4 Å². The van der Waals surface area contributed by atoms with Crippen molar-refractivity contribution >= 4 is 17.7 Å². The average molecular weight is 271 g/mol. The maximum atomic E-state index is 10.4. The highest BCUT2D eigenvalue weighted by Crippen LogP contribution is 2.32. The van der Waals surface area contributed by atoms with Crippen LogP contribution in [0.25, 0.3) is 0 Å². The van der Waals surface area contributed by atoms with Gasteiger partial charge in [-0.25, -0.2) is 4.98 Å². The summed E-state index contributed by atoms with van der Waals surface area (Å²) < 4.78 is 5.50. The van der Waals surface area contributed by atoms with Crippen molar-refractivity contribution < 1.29 is 14.6 Å². The molecule has 0 radical (unpaired) electrons. The molecule has 0 amide bonds. The van der Waals surface area contributed by atoms with Crippen molar-refractivity contribution in [2.45, 2.75) is 37.4 Å². The molecule has 2 N–H and O–H groups in total.